The van der Waals surface area contributed by atoms with E-state index in [4.69, 9.17) is 16.3 Å². The van der Waals surface area contributed by atoms with Gasteiger partial charge < -0.3 is 10.1 Å². The van der Waals surface area contributed by atoms with Crippen molar-refractivity contribution in [2.75, 3.05) is 18.0 Å². The zero-order valence-electron chi connectivity index (χ0n) is 18.5. The molecule has 34 heavy (non-hydrogen) atoms. The maximum atomic E-state index is 13.6. The van der Waals surface area contributed by atoms with Crippen LogP contribution in [0.3, 0.4) is 0 Å². The first kappa shape index (κ1) is 22.8. The van der Waals surface area contributed by atoms with E-state index in [0.717, 1.165) is 48.5 Å². The molecule has 0 bridgehead atoms. The van der Waals surface area contributed by atoms with Crippen molar-refractivity contribution in [1.29, 1.82) is 0 Å². The standard InChI is InChI=1S/C26H24ClN3O3S/c27-20-11-5-4-10-18(20)23-22-19-12-13-28-15-21(19)34-26(22)30(25(32)24(29-23)33-16-31)14-6-9-17-7-2-1-3-8-17/h1-5,7-8,10-11,16,24,28H,6,9,12-15H2. The second kappa shape index (κ2) is 10.1. The van der Waals surface area contributed by atoms with Gasteiger partial charge in [-0.15, -0.1) is 11.3 Å². The summed E-state index contributed by atoms with van der Waals surface area (Å²) in [6.07, 6.45) is 1.18. The van der Waals surface area contributed by atoms with Gasteiger partial charge in [0.05, 0.1) is 5.71 Å². The number of nitrogens with one attached hydrogen (secondary N) is 1. The van der Waals surface area contributed by atoms with Gasteiger partial charge in [0, 0.05) is 34.1 Å². The molecule has 1 unspecified atom stereocenters. The molecule has 0 radical (unpaired) electrons. The van der Waals surface area contributed by atoms with Gasteiger partial charge in [-0.2, -0.15) is 0 Å². The average molecular weight is 494 g/mol. The summed E-state index contributed by atoms with van der Waals surface area (Å²) >= 11 is 8.19. The third kappa shape index (κ3) is 4.39. The van der Waals surface area contributed by atoms with Crippen LogP contribution in [0.25, 0.3) is 0 Å². The third-order valence-electron chi connectivity index (χ3n) is 6.12. The van der Waals surface area contributed by atoms with E-state index in [1.807, 2.05) is 36.4 Å². The maximum Gasteiger partial charge on any atom is 0.295 e. The SMILES string of the molecule is O=COC1N=C(c2ccccc2Cl)c2c(sc3c2CCNC3)N(CCCc2ccccc2)C1=O. The largest absolute Gasteiger partial charge is 0.432 e. The van der Waals surface area contributed by atoms with E-state index < -0.39 is 6.23 Å². The summed E-state index contributed by atoms with van der Waals surface area (Å²) in [5, 5.41) is 4.81. The van der Waals surface area contributed by atoms with Crippen molar-refractivity contribution in [3.05, 3.63) is 86.8 Å². The predicted octanol–water partition coefficient (Wildman–Crippen LogP) is 4.36. The minimum absolute atomic E-state index is 0.289. The fourth-order valence-electron chi connectivity index (χ4n) is 4.52. The van der Waals surface area contributed by atoms with Gasteiger partial charge in [-0.1, -0.05) is 60.1 Å². The number of hydrogen-bond donors (Lipinski definition) is 1. The van der Waals surface area contributed by atoms with Crippen LogP contribution in [0, 0.1) is 0 Å². The number of carbonyl (C=O) groups excluding carboxylic acids is 2. The van der Waals surface area contributed by atoms with Crippen molar-refractivity contribution in [3.63, 3.8) is 0 Å². The number of halogens is 1. The van der Waals surface area contributed by atoms with Crippen LogP contribution in [-0.4, -0.2) is 37.4 Å². The number of anilines is 1. The summed E-state index contributed by atoms with van der Waals surface area (Å²) < 4.78 is 5.20. The van der Waals surface area contributed by atoms with Crippen LogP contribution in [-0.2, 0) is 33.7 Å². The van der Waals surface area contributed by atoms with Crippen LogP contribution in [0.15, 0.2) is 59.6 Å². The van der Waals surface area contributed by atoms with Gasteiger partial charge in [0.25, 0.3) is 18.6 Å². The number of benzene rings is 2. The molecule has 0 saturated carbocycles. The number of hydrogen-bond acceptors (Lipinski definition) is 6. The number of thiophene rings is 1. The lowest BCUT2D eigenvalue weighted by molar-refractivity contribution is -0.142. The van der Waals surface area contributed by atoms with Crippen molar-refractivity contribution in [1.82, 2.24) is 5.32 Å². The highest BCUT2D eigenvalue weighted by Gasteiger charge is 2.37. The smallest absolute Gasteiger partial charge is 0.295 e. The van der Waals surface area contributed by atoms with E-state index in [-0.39, 0.29) is 12.4 Å². The molecule has 0 spiro atoms. The molecule has 8 heteroatoms. The Morgan fingerprint density at radius 2 is 1.97 bits per heavy atom. The Bertz CT molecular complexity index is 1240. The molecule has 6 nitrogen and oxygen atoms in total. The first-order chi connectivity index (χ1) is 16.7. The quantitative estimate of drug-likeness (QED) is 0.496. The van der Waals surface area contributed by atoms with Gasteiger partial charge >= 0.3 is 0 Å². The van der Waals surface area contributed by atoms with Crippen molar-refractivity contribution in [3.8, 4) is 0 Å². The zero-order chi connectivity index (χ0) is 23.5. The molecule has 1 atom stereocenters. The monoisotopic (exact) mass is 493 g/mol. The molecule has 0 fully saturated rings. The van der Waals surface area contributed by atoms with Gasteiger partial charge in [-0.3, -0.25) is 14.5 Å². The summed E-state index contributed by atoms with van der Waals surface area (Å²) in [5.74, 6) is -0.338. The predicted molar refractivity (Wildman–Crippen MR) is 135 cm³/mol. The van der Waals surface area contributed by atoms with Crippen LogP contribution in [0.2, 0.25) is 5.02 Å². The van der Waals surface area contributed by atoms with Gasteiger partial charge in [-0.25, -0.2) is 4.99 Å². The molecule has 1 aromatic heterocycles. The number of fused-ring (bicyclic) bond motifs is 3. The van der Waals surface area contributed by atoms with Crippen LogP contribution in [0.5, 0.6) is 0 Å². The Morgan fingerprint density at radius 1 is 1.18 bits per heavy atom. The lowest BCUT2D eigenvalue weighted by Gasteiger charge is -2.22. The highest BCUT2D eigenvalue weighted by atomic mass is 35.5. The van der Waals surface area contributed by atoms with E-state index in [0.29, 0.717) is 17.3 Å². The van der Waals surface area contributed by atoms with E-state index in [1.165, 1.54) is 16.0 Å². The average Bonchev–Trinajstić information content (AvgIpc) is 3.19. The molecular weight excluding hydrogens is 470 g/mol. The molecule has 2 aliphatic rings. The fourth-order valence-corrected chi connectivity index (χ4v) is 6.10. The number of amides is 1. The van der Waals surface area contributed by atoms with E-state index in [9.17, 15) is 9.59 Å². The minimum atomic E-state index is -1.25. The van der Waals surface area contributed by atoms with Crippen molar-refractivity contribution in [2.24, 2.45) is 4.99 Å². The lowest BCUT2D eigenvalue weighted by Crippen LogP contribution is -2.39. The van der Waals surface area contributed by atoms with Crippen LogP contribution >= 0.6 is 22.9 Å². The summed E-state index contributed by atoms with van der Waals surface area (Å²) in [7, 11) is 0. The van der Waals surface area contributed by atoms with Crippen LogP contribution in [0.1, 0.15) is 33.6 Å². The Hall–Kier alpha value is -3.00. The molecule has 1 amide bonds. The van der Waals surface area contributed by atoms with Gasteiger partial charge in [-0.05, 0) is 43.0 Å². The molecule has 0 aliphatic carbocycles. The first-order valence-corrected chi connectivity index (χ1v) is 12.5. The van der Waals surface area contributed by atoms with Gasteiger partial charge in [0.1, 0.15) is 5.00 Å². The topological polar surface area (TPSA) is 71.0 Å². The number of rotatable bonds is 7. The normalized spacial score (nSPS) is 17.4. The number of ether oxygens (including phenoxy) is 1. The molecule has 1 N–H and O–H groups in total. The van der Waals surface area contributed by atoms with Crippen molar-refractivity contribution < 1.29 is 14.3 Å². The summed E-state index contributed by atoms with van der Waals surface area (Å²) in [6, 6.07) is 17.6. The zero-order valence-corrected chi connectivity index (χ0v) is 20.1. The Kier molecular flexibility index (Phi) is 6.76. The summed E-state index contributed by atoms with van der Waals surface area (Å²) in [4.78, 5) is 32.5. The Labute approximate surface area is 207 Å². The highest BCUT2D eigenvalue weighted by molar-refractivity contribution is 7.17. The maximum absolute atomic E-state index is 13.6. The number of carbonyl (C=O) groups is 2. The van der Waals surface area contributed by atoms with Gasteiger partial charge in [0.15, 0.2) is 0 Å². The first-order valence-electron chi connectivity index (χ1n) is 11.3. The van der Waals surface area contributed by atoms with Crippen molar-refractivity contribution in [2.45, 2.75) is 32.0 Å². The summed E-state index contributed by atoms with van der Waals surface area (Å²) in [6.45, 7) is 2.39. The molecule has 2 aromatic carbocycles. The lowest BCUT2D eigenvalue weighted by atomic mass is 9.95. The molecule has 2 aliphatic heterocycles. The highest BCUT2D eigenvalue weighted by Crippen LogP contribution is 2.42. The van der Waals surface area contributed by atoms with E-state index in [1.54, 1.807) is 22.3 Å². The Balaban J connectivity index is 1.60. The molecule has 174 valence electrons. The second-order valence-electron chi connectivity index (χ2n) is 8.23. The summed E-state index contributed by atoms with van der Waals surface area (Å²) in [5.41, 5.74) is 4.66. The number of aryl methyl sites for hydroxylation is 1. The minimum Gasteiger partial charge on any atom is -0.432 e. The van der Waals surface area contributed by atoms with E-state index >= 15 is 0 Å². The molecule has 3 heterocycles. The molecule has 5 rings (SSSR count). The fraction of sp³-hybridized carbons (Fsp3) is 0.269. The Morgan fingerprint density at radius 3 is 2.76 bits per heavy atom. The second-order valence-corrected chi connectivity index (χ2v) is 9.72. The molecular formula is C26H24ClN3O3S. The molecule has 0 saturated heterocycles. The van der Waals surface area contributed by atoms with Gasteiger partial charge in [0.2, 0.25) is 0 Å². The van der Waals surface area contributed by atoms with E-state index in [2.05, 4.69) is 22.4 Å². The van der Waals surface area contributed by atoms with Crippen LogP contribution < -0.4 is 10.2 Å². The van der Waals surface area contributed by atoms with Crippen molar-refractivity contribution >= 4 is 46.0 Å². The molecule has 3 aromatic rings. The third-order valence-corrected chi connectivity index (χ3v) is 7.70. The van der Waals surface area contributed by atoms with Crippen LogP contribution in [0.4, 0.5) is 5.00 Å². The number of nitrogens with zero attached hydrogens (tertiary/aromatic N) is 2. The number of aliphatic imine (C=N–C) groups is 1.